The normalized spacial score (nSPS) is 17.7. The Hall–Kier alpha value is -5.20. The summed E-state index contributed by atoms with van der Waals surface area (Å²) in [7, 11) is 1.77. The number of hydrogen-bond acceptors (Lipinski definition) is 11. The van der Waals surface area contributed by atoms with Gasteiger partial charge in [-0.3, -0.25) is 4.79 Å². The average Bonchev–Trinajstić information content (AvgIpc) is 3.26. The lowest BCUT2D eigenvalue weighted by atomic mass is 10.2. The predicted molar refractivity (Wildman–Crippen MR) is 157 cm³/mol. The zero-order valence-corrected chi connectivity index (χ0v) is 23.1. The molecule has 0 radical (unpaired) electrons. The third-order valence-corrected chi connectivity index (χ3v) is 7.62. The van der Waals surface area contributed by atoms with Gasteiger partial charge in [0.1, 0.15) is 34.5 Å². The summed E-state index contributed by atoms with van der Waals surface area (Å²) in [6.07, 6.45) is 4.71. The van der Waals surface area contributed by atoms with Crippen LogP contribution in [0.1, 0.15) is 18.4 Å². The van der Waals surface area contributed by atoms with Gasteiger partial charge in [0.15, 0.2) is 11.6 Å². The van der Waals surface area contributed by atoms with Crippen molar-refractivity contribution in [3.05, 3.63) is 66.9 Å². The zero-order chi connectivity index (χ0) is 29.4. The number of carbonyl (C=O) groups is 1. The number of ether oxygens (including phenoxy) is 1. The van der Waals surface area contributed by atoms with Gasteiger partial charge in [-0.1, -0.05) is 6.58 Å². The Bertz CT molecular complexity index is 1700. The maximum absolute atomic E-state index is 13.6. The molecule has 2 unspecified atom stereocenters. The molecule has 13 heteroatoms. The van der Waals surface area contributed by atoms with Crippen LogP contribution in [0.15, 0.2) is 66.4 Å². The van der Waals surface area contributed by atoms with Gasteiger partial charge in [0.05, 0.1) is 24.0 Å². The number of amides is 1. The molecule has 2 aromatic carbocycles. The second kappa shape index (κ2) is 11.0. The molecule has 0 saturated carbocycles. The molecule has 12 nitrogen and oxygen atoms in total. The van der Waals surface area contributed by atoms with Crippen molar-refractivity contribution in [3.63, 3.8) is 0 Å². The Morgan fingerprint density at radius 3 is 2.62 bits per heavy atom. The standard InChI is InChI=1S/C29H29FN10O2/c1-16-10-18(4-9-25(16)42-21-7-8-22(32-3)23(11-21)38-31)36-27-26-24(34-15-35-27)12-33-29(37-26)39-13-19-5-6-20(14-39)40(19)28(41)17(2)30/h4,7-12,15,19-20,31-32H,2,5-6,13-14H2,1,3H3,(H,34,35,36). The van der Waals surface area contributed by atoms with Gasteiger partial charge in [0.25, 0.3) is 5.91 Å². The van der Waals surface area contributed by atoms with Crippen LogP contribution in [0.3, 0.4) is 0 Å². The van der Waals surface area contributed by atoms with E-state index in [1.165, 1.54) is 6.33 Å². The minimum atomic E-state index is -0.928. The fourth-order valence-corrected chi connectivity index (χ4v) is 5.61. The topological polar surface area (TPSA) is 145 Å². The molecule has 2 atom stereocenters. The molecule has 4 heterocycles. The first-order chi connectivity index (χ1) is 20.3. The molecule has 6 rings (SSSR count). The minimum Gasteiger partial charge on any atom is -0.457 e. The first kappa shape index (κ1) is 27.0. The molecule has 2 aromatic heterocycles. The van der Waals surface area contributed by atoms with Crippen molar-refractivity contribution in [2.24, 2.45) is 5.11 Å². The number of carbonyl (C=O) groups excluding carboxylic acids is 1. The summed E-state index contributed by atoms with van der Waals surface area (Å²) in [5.74, 6) is 0.700. The number of anilines is 4. The molecule has 2 fully saturated rings. The number of aryl methyl sites for hydroxylation is 1. The Balaban J connectivity index is 1.22. The Morgan fingerprint density at radius 2 is 1.93 bits per heavy atom. The summed E-state index contributed by atoms with van der Waals surface area (Å²) in [6, 6.07) is 10.8. The molecule has 42 heavy (non-hydrogen) atoms. The summed E-state index contributed by atoms with van der Waals surface area (Å²) >= 11 is 0. The number of benzene rings is 2. The predicted octanol–water partition coefficient (Wildman–Crippen LogP) is 5.63. The number of hydrogen-bond donors (Lipinski definition) is 3. The number of fused-ring (bicyclic) bond motifs is 3. The third kappa shape index (κ3) is 5.04. The lowest BCUT2D eigenvalue weighted by Crippen LogP contribution is -2.56. The van der Waals surface area contributed by atoms with E-state index in [4.69, 9.17) is 15.3 Å². The fourth-order valence-electron chi connectivity index (χ4n) is 5.61. The highest BCUT2D eigenvalue weighted by molar-refractivity contribution is 5.91. The van der Waals surface area contributed by atoms with E-state index in [-0.39, 0.29) is 12.1 Å². The van der Waals surface area contributed by atoms with E-state index in [0.717, 1.165) is 29.8 Å². The Labute approximate surface area is 241 Å². The number of nitrogens with one attached hydrogen (secondary N) is 3. The van der Waals surface area contributed by atoms with E-state index < -0.39 is 11.7 Å². The molecule has 0 aliphatic carbocycles. The van der Waals surface area contributed by atoms with Gasteiger partial charge in [-0.2, -0.15) is 5.11 Å². The lowest BCUT2D eigenvalue weighted by molar-refractivity contribution is -0.131. The van der Waals surface area contributed by atoms with Crippen molar-refractivity contribution in [2.75, 3.05) is 35.7 Å². The summed E-state index contributed by atoms with van der Waals surface area (Å²) in [5.41, 5.74) is 11.4. The van der Waals surface area contributed by atoms with Crippen molar-refractivity contribution >= 4 is 45.8 Å². The number of rotatable bonds is 8. The van der Waals surface area contributed by atoms with E-state index in [1.54, 1.807) is 24.2 Å². The second-order valence-electron chi connectivity index (χ2n) is 10.3. The van der Waals surface area contributed by atoms with Crippen LogP contribution >= 0.6 is 0 Å². The maximum atomic E-state index is 13.6. The number of nitrogens with zero attached hydrogens (tertiary/aromatic N) is 7. The van der Waals surface area contributed by atoms with Gasteiger partial charge in [-0.05, 0) is 55.7 Å². The molecule has 2 bridgehead atoms. The van der Waals surface area contributed by atoms with Crippen molar-refractivity contribution in [1.29, 1.82) is 5.53 Å². The van der Waals surface area contributed by atoms with Crippen molar-refractivity contribution in [3.8, 4) is 11.5 Å². The van der Waals surface area contributed by atoms with E-state index >= 15 is 0 Å². The highest BCUT2D eigenvalue weighted by Gasteiger charge is 2.44. The quantitative estimate of drug-likeness (QED) is 0.182. The highest BCUT2D eigenvalue weighted by atomic mass is 19.1. The van der Waals surface area contributed by atoms with Crippen molar-refractivity contribution < 1.29 is 13.9 Å². The number of halogens is 1. The molecule has 0 spiro atoms. The van der Waals surface area contributed by atoms with Crippen LogP contribution in [0, 0.1) is 12.5 Å². The maximum Gasteiger partial charge on any atom is 0.282 e. The molecule has 2 aliphatic rings. The molecule has 214 valence electrons. The zero-order valence-electron chi connectivity index (χ0n) is 23.1. The van der Waals surface area contributed by atoms with Crippen LogP contribution in [0.2, 0.25) is 0 Å². The SMILES string of the molecule is C=C(F)C(=O)N1C2CCC1CN(c1ncc3ncnc(Nc4ccc(Oc5ccc(NC)c(N=N)c5)c(C)c4)c3n1)C2. The molecule has 2 aliphatic heterocycles. The summed E-state index contributed by atoms with van der Waals surface area (Å²) in [4.78, 5) is 34.1. The monoisotopic (exact) mass is 568 g/mol. The lowest BCUT2D eigenvalue weighted by Gasteiger charge is -2.40. The van der Waals surface area contributed by atoms with Gasteiger partial charge >= 0.3 is 0 Å². The van der Waals surface area contributed by atoms with Gasteiger partial charge in [0.2, 0.25) is 5.95 Å². The first-order valence-corrected chi connectivity index (χ1v) is 13.5. The molecule has 1 amide bonds. The fraction of sp³-hybridized carbons (Fsp3) is 0.276. The van der Waals surface area contributed by atoms with E-state index in [2.05, 4.69) is 37.3 Å². The number of aromatic nitrogens is 4. The number of piperazine rings is 1. The summed E-state index contributed by atoms with van der Waals surface area (Å²) in [6.45, 7) is 6.14. The molecular formula is C29H29FN10O2. The van der Waals surface area contributed by atoms with Crippen LogP contribution in [-0.4, -0.2) is 63.0 Å². The largest absolute Gasteiger partial charge is 0.457 e. The van der Waals surface area contributed by atoms with Crippen LogP contribution < -0.4 is 20.3 Å². The summed E-state index contributed by atoms with van der Waals surface area (Å²) < 4.78 is 19.7. The third-order valence-electron chi connectivity index (χ3n) is 7.62. The summed E-state index contributed by atoms with van der Waals surface area (Å²) in [5, 5.41) is 9.89. The molecular weight excluding hydrogens is 539 g/mol. The molecule has 4 aromatic rings. The van der Waals surface area contributed by atoms with Crippen molar-refractivity contribution in [2.45, 2.75) is 31.8 Å². The smallest absolute Gasteiger partial charge is 0.282 e. The first-order valence-electron chi connectivity index (χ1n) is 13.5. The van der Waals surface area contributed by atoms with Gasteiger partial charge in [0, 0.05) is 31.9 Å². The Kier molecular flexibility index (Phi) is 7.07. The molecule has 3 N–H and O–H groups in total. The van der Waals surface area contributed by atoms with Crippen LogP contribution in [0.4, 0.5) is 33.2 Å². The van der Waals surface area contributed by atoms with Crippen LogP contribution in [0.25, 0.3) is 11.0 Å². The Morgan fingerprint density at radius 1 is 1.14 bits per heavy atom. The second-order valence-corrected chi connectivity index (χ2v) is 10.3. The van der Waals surface area contributed by atoms with Crippen molar-refractivity contribution in [1.82, 2.24) is 24.8 Å². The van der Waals surface area contributed by atoms with E-state index in [0.29, 0.717) is 53.1 Å². The van der Waals surface area contributed by atoms with E-state index in [1.807, 2.05) is 42.2 Å². The molecule has 2 saturated heterocycles. The van der Waals surface area contributed by atoms with Crippen LogP contribution in [-0.2, 0) is 4.79 Å². The van der Waals surface area contributed by atoms with Crippen LogP contribution in [0.5, 0.6) is 11.5 Å². The van der Waals surface area contributed by atoms with E-state index in [9.17, 15) is 9.18 Å². The highest BCUT2D eigenvalue weighted by Crippen LogP contribution is 2.35. The van der Waals surface area contributed by atoms with Gasteiger partial charge in [-0.15, -0.1) is 0 Å². The average molecular weight is 569 g/mol. The van der Waals surface area contributed by atoms with Gasteiger partial charge < -0.3 is 25.2 Å². The van der Waals surface area contributed by atoms with Gasteiger partial charge in [-0.25, -0.2) is 29.9 Å². The minimum absolute atomic E-state index is 0.120.